The van der Waals surface area contributed by atoms with E-state index >= 15 is 0 Å². The molecule has 1 atom stereocenters. The summed E-state index contributed by atoms with van der Waals surface area (Å²) in [6.45, 7) is 4.13. The van der Waals surface area contributed by atoms with E-state index in [1.54, 1.807) is 0 Å². The molecule has 3 aromatic rings. The van der Waals surface area contributed by atoms with Crippen LogP contribution >= 0.6 is 22.9 Å². The van der Waals surface area contributed by atoms with Crippen molar-refractivity contribution in [1.29, 1.82) is 0 Å². The van der Waals surface area contributed by atoms with Crippen LogP contribution in [0.1, 0.15) is 34.5 Å². The Kier molecular flexibility index (Phi) is 3.45. The molecule has 1 aliphatic rings. The van der Waals surface area contributed by atoms with Crippen LogP contribution in [0.5, 0.6) is 0 Å². The van der Waals surface area contributed by atoms with E-state index in [0.29, 0.717) is 6.04 Å². The second-order valence-corrected chi connectivity index (χ2v) is 7.33. The van der Waals surface area contributed by atoms with Crippen molar-refractivity contribution in [1.82, 2.24) is 19.5 Å². The zero-order valence-electron chi connectivity index (χ0n) is 11.8. The summed E-state index contributed by atoms with van der Waals surface area (Å²) in [6.07, 6.45) is 2.44. The van der Waals surface area contributed by atoms with Crippen molar-refractivity contribution < 1.29 is 0 Å². The van der Waals surface area contributed by atoms with Crippen LogP contribution in [-0.2, 0) is 6.54 Å². The topological polar surface area (TPSA) is 41.9 Å². The monoisotopic (exact) mass is 316 g/mol. The number of fused-ring (bicyclic) bond motifs is 1. The molecule has 21 heavy (non-hydrogen) atoms. The Morgan fingerprint density at radius 2 is 2.24 bits per heavy atom. The first-order chi connectivity index (χ1) is 10.3. The standard InChI is InChI=1S/C15H16N4S2/c1-10-14(21-18-17-10)9-19-8-4-6-12(19)15-16-11-5-2-3-7-13(11)20-15/h2-3,5,7,12H,4,6,8-9H2,1H3/t12-/m1/s1. The number of hydrogen-bond donors (Lipinski definition) is 0. The zero-order valence-corrected chi connectivity index (χ0v) is 13.5. The van der Waals surface area contributed by atoms with E-state index in [9.17, 15) is 0 Å². The van der Waals surface area contributed by atoms with Crippen LogP contribution in [0.2, 0.25) is 0 Å². The van der Waals surface area contributed by atoms with E-state index in [0.717, 1.165) is 24.3 Å². The van der Waals surface area contributed by atoms with Gasteiger partial charge < -0.3 is 0 Å². The van der Waals surface area contributed by atoms with Gasteiger partial charge in [0.05, 0.1) is 26.8 Å². The van der Waals surface area contributed by atoms with E-state index in [-0.39, 0.29) is 0 Å². The van der Waals surface area contributed by atoms with Crippen LogP contribution in [0, 0.1) is 6.92 Å². The van der Waals surface area contributed by atoms with Gasteiger partial charge in [0.2, 0.25) is 0 Å². The maximum absolute atomic E-state index is 4.85. The molecule has 0 saturated carbocycles. The molecule has 0 N–H and O–H groups in total. The molecule has 108 valence electrons. The quantitative estimate of drug-likeness (QED) is 0.737. The fraction of sp³-hybridized carbons (Fsp3) is 0.400. The Hall–Kier alpha value is -1.37. The van der Waals surface area contributed by atoms with Crippen LogP contribution < -0.4 is 0 Å². The highest BCUT2D eigenvalue weighted by atomic mass is 32.1. The zero-order chi connectivity index (χ0) is 14.2. The van der Waals surface area contributed by atoms with Gasteiger partial charge in [-0.25, -0.2) is 4.98 Å². The molecule has 0 spiro atoms. The number of aromatic nitrogens is 3. The molecule has 1 aromatic carbocycles. The highest BCUT2D eigenvalue weighted by Gasteiger charge is 2.29. The predicted molar refractivity (Wildman–Crippen MR) is 86.7 cm³/mol. The minimum absolute atomic E-state index is 0.448. The molecule has 4 rings (SSSR count). The Morgan fingerprint density at radius 3 is 3.05 bits per heavy atom. The molecule has 0 bridgehead atoms. The molecule has 0 radical (unpaired) electrons. The first kappa shape index (κ1) is 13.3. The molecule has 6 heteroatoms. The lowest BCUT2D eigenvalue weighted by atomic mass is 10.2. The molecule has 1 aliphatic heterocycles. The molecule has 3 heterocycles. The Morgan fingerprint density at radius 1 is 1.33 bits per heavy atom. The maximum Gasteiger partial charge on any atom is 0.111 e. The summed E-state index contributed by atoms with van der Waals surface area (Å²) in [7, 11) is 0. The molecule has 1 fully saturated rings. The van der Waals surface area contributed by atoms with Gasteiger partial charge in [0.1, 0.15) is 5.01 Å². The summed E-state index contributed by atoms with van der Waals surface area (Å²) >= 11 is 3.35. The first-order valence-corrected chi connectivity index (χ1v) is 8.77. The van der Waals surface area contributed by atoms with Crippen molar-refractivity contribution in [2.24, 2.45) is 0 Å². The second-order valence-electron chi connectivity index (χ2n) is 5.43. The molecular weight excluding hydrogens is 300 g/mol. The van der Waals surface area contributed by atoms with E-state index < -0.39 is 0 Å². The van der Waals surface area contributed by atoms with Crippen molar-refractivity contribution in [3.8, 4) is 0 Å². The molecule has 0 unspecified atom stereocenters. The number of para-hydroxylation sites is 1. The SMILES string of the molecule is Cc1nnsc1CN1CCC[C@@H]1c1nc2ccccc2s1. The van der Waals surface area contributed by atoms with Crippen LogP contribution in [-0.4, -0.2) is 26.0 Å². The van der Waals surface area contributed by atoms with Gasteiger partial charge in [0, 0.05) is 6.54 Å². The second kappa shape index (κ2) is 5.44. The fourth-order valence-corrected chi connectivity index (χ4v) is 4.70. The van der Waals surface area contributed by atoms with Gasteiger partial charge in [-0.2, -0.15) is 0 Å². The molecule has 2 aromatic heterocycles. The van der Waals surface area contributed by atoms with Crippen molar-refractivity contribution in [2.75, 3.05) is 6.54 Å². The third kappa shape index (κ3) is 2.47. The highest BCUT2D eigenvalue weighted by Crippen LogP contribution is 2.37. The van der Waals surface area contributed by atoms with E-state index in [4.69, 9.17) is 4.98 Å². The number of rotatable bonds is 3. The minimum atomic E-state index is 0.448. The largest absolute Gasteiger partial charge is 0.289 e. The number of thiazole rings is 1. The number of nitrogens with zero attached hydrogens (tertiary/aromatic N) is 4. The predicted octanol–water partition coefficient (Wildman–Crippen LogP) is 3.79. The molecule has 0 amide bonds. The normalized spacial score (nSPS) is 19.6. The molecule has 1 saturated heterocycles. The first-order valence-electron chi connectivity index (χ1n) is 7.18. The smallest absolute Gasteiger partial charge is 0.111 e. The number of benzene rings is 1. The Balaban J connectivity index is 1.62. The van der Waals surface area contributed by atoms with Crippen LogP contribution in [0.4, 0.5) is 0 Å². The summed E-state index contributed by atoms with van der Waals surface area (Å²) in [5, 5.41) is 5.37. The van der Waals surface area contributed by atoms with Crippen LogP contribution in [0.3, 0.4) is 0 Å². The minimum Gasteiger partial charge on any atom is -0.289 e. The third-order valence-corrected chi connectivity index (χ3v) is 6.00. The Bertz CT molecular complexity index is 731. The summed E-state index contributed by atoms with van der Waals surface area (Å²) < 4.78 is 5.34. The van der Waals surface area contributed by atoms with Gasteiger partial charge in [-0.1, -0.05) is 16.6 Å². The lowest BCUT2D eigenvalue weighted by molar-refractivity contribution is 0.250. The third-order valence-electron chi connectivity index (χ3n) is 4.05. The van der Waals surface area contributed by atoms with Crippen molar-refractivity contribution >= 4 is 33.1 Å². The van der Waals surface area contributed by atoms with Crippen molar-refractivity contribution in [3.05, 3.63) is 39.8 Å². The average molecular weight is 316 g/mol. The molecular formula is C15H16N4S2. The average Bonchev–Trinajstić information content (AvgIpc) is 3.19. The number of hydrogen-bond acceptors (Lipinski definition) is 6. The highest BCUT2D eigenvalue weighted by molar-refractivity contribution is 7.18. The maximum atomic E-state index is 4.85. The van der Waals surface area contributed by atoms with Crippen molar-refractivity contribution in [2.45, 2.75) is 32.4 Å². The number of aryl methyl sites for hydroxylation is 1. The van der Waals surface area contributed by atoms with E-state index in [1.807, 2.05) is 18.3 Å². The summed E-state index contributed by atoms with van der Waals surface area (Å²) in [5.74, 6) is 0. The van der Waals surface area contributed by atoms with Gasteiger partial charge in [0.15, 0.2) is 0 Å². The van der Waals surface area contributed by atoms with Gasteiger partial charge in [-0.3, -0.25) is 4.90 Å². The van der Waals surface area contributed by atoms with Gasteiger partial charge in [-0.05, 0) is 50.0 Å². The Labute approximate surface area is 131 Å². The number of likely N-dealkylation sites (tertiary alicyclic amines) is 1. The fourth-order valence-electron chi connectivity index (χ4n) is 2.91. The van der Waals surface area contributed by atoms with Crippen LogP contribution in [0.25, 0.3) is 10.2 Å². The van der Waals surface area contributed by atoms with Gasteiger partial charge >= 0.3 is 0 Å². The van der Waals surface area contributed by atoms with E-state index in [2.05, 4.69) is 38.8 Å². The molecule has 0 aliphatic carbocycles. The molecule has 4 nitrogen and oxygen atoms in total. The van der Waals surface area contributed by atoms with Gasteiger partial charge in [-0.15, -0.1) is 16.4 Å². The van der Waals surface area contributed by atoms with Gasteiger partial charge in [0.25, 0.3) is 0 Å². The summed E-state index contributed by atoms with van der Waals surface area (Å²) in [4.78, 5) is 8.65. The summed E-state index contributed by atoms with van der Waals surface area (Å²) in [5.41, 5.74) is 2.19. The van der Waals surface area contributed by atoms with Crippen molar-refractivity contribution in [3.63, 3.8) is 0 Å². The lowest BCUT2D eigenvalue weighted by Gasteiger charge is -2.21. The summed E-state index contributed by atoms with van der Waals surface area (Å²) in [6, 6.07) is 8.86. The van der Waals surface area contributed by atoms with E-state index in [1.165, 1.54) is 39.0 Å². The lowest BCUT2D eigenvalue weighted by Crippen LogP contribution is -2.22. The van der Waals surface area contributed by atoms with Crippen LogP contribution in [0.15, 0.2) is 24.3 Å².